The molecule has 0 aliphatic heterocycles. The van der Waals surface area contributed by atoms with Gasteiger partial charge in [-0.1, -0.05) is 228 Å². The van der Waals surface area contributed by atoms with E-state index in [1.54, 1.807) is 6.92 Å². The molecular weight excluding hydrogens is 773 g/mol. The fourth-order valence-corrected chi connectivity index (χ4v) is 8.27. The average molecular weight is 879 g/mol. The van der Waals surface area contributed by atoms with Gasteiger partial charge in [-0.3, -0.25) is 19.2 Å². The molecule has 2 N–H and O–H groups in total. The highest BCUT2D eigenvalue weighted by Gasteiger charge is 2.16. The highest BCUT2D eigenvalue weighted by Crippen LogP contribution is 2.25. The van der Waals surface area contributed by atoms with Gasteiger partial charge in [0.25, 0.3) is 12.9 Å². The third-order valence-corrected chi connectivity index (χ3v) is 12.3. The summed E-state index contributed by atoms with van der Waals surface area (Å²) in [5.41, 5.74) is 0.514. The minimum Gasteiger partial charge on any atom is -0.483 e. The lowest BCUT2D eigenvalue weighted by Gasteiger charge is -2.23. The van der Waals surface area contributed by atoms with E-state index in [2.05, 4.69) is 44.8 Å². The summed E-state index contributed by atoms with van der Waals surface area (Å²) >= 11 is 0. The van der Waals surface area contributed by atoms with E-state index >= 15 is 0 Å². The quantitative estimate of drug-likeness (QED) is 0.0379. The van der Waals surface area contributed by atoms with Gasteiger partial charge in [0, 0.05) is 12.1 Å². The van der Waals surface area contributed by atoms with Crippen LogP contribution in [0.4, 0.5) is 5.69 Å². The maximum Gasteiger partial charge on any atom is 0.293 e. The van der Waals surface area contributed by atoms with Crippen LogP contribution in [-0.2, 0) is 14.3 Å². The van der Waals surface area contributed by atoms with E-state index in [9.17, 15) is 14.4 Å². The fraction of sp³-hybridized carbons (Fsp3) is 0.889. The lowest BCUT2D eigenvalue weighted by molar-refractivity contribution is -0.134. The van der Waals surface area contributed by atoms with Gasteiger partial charge in [-0.15, -0.1) is 0 Å². The highest BCUT2D eigenvalue weighted by molar-refractivity contribution is 5.55. The van der Waals surface area contributed by atoms with Crippen LogP contribution in [0, 0.1) is 12.8 Å². The molecule has 0 fully saturated rings. The molecule has 1 unspecified atom stereocenters. The number of carbonyl (C=O) groups excluding carboxylic acids is 1. The van der Waals surface area contributed by atoms with Gasteiger partial charge in [-0.25, -0.2) is 0 Å². The first-order valence-electron chi connectivity index (χ1n) is 26.7. The Morgan fingerprint density at radius 2 is 0.855 bits per heavy atom. The van der Waals surface area contributed by atoms with Crippen LogP contribution in [0.3, 0.4) is 0 Å². The molecule has 0 spiro atoms. The van der Waals surface area contributed by atoms with Crippen molar-refractivity contribution in [1.29, 1.82) is 0 Å². The summed E-state index contributed by atoms with van der Waals surface area (Å²) < 4.78 is 4.94. The second-order valence-electron chi connectivity index (χ2n) is 17.7. The molecule has 1 rings (SSSR count). The molecule has 0 amide bonds. The molecule has 62 heavy (non-hydrogen) atoms. The second kappa shape index (κ2) is 53.1. The summed E-state index contributed by atoms with van der Waals surface area (Å²) in [5.74, 6) is 0.964. The number of hydrogen-bond acceptors (Lipinski definition) is 7. The van der Waals surface area contributed by atoms with Crippen molar-refractivity contribution in [3.8, 4) is 0 Å². The Bertz CT molecular complexity index is 1090. The van der Waals surface area contributed by atoms with Crippen LogP contribution in [0.15, 0.2) is 9.59 Å². The second-order valence-corrected chi connectivity index (χ2v) is 17.7. The predicted molar refractivity (Wildman–Crippen MR) is 271 cm³/mol. The normalized spacial score (nSPS) is 11.3. The number of rotatable bonds is 43. The van der Waals surface area contributed by atoms with E-state index in [1.165, 1.54) is 212 Å². The number of nitrogens with one attached hydrogen (secondary N) is 1. The summed E-state index contributed by atoms with van der Waals surface area (Å²) in [6.07, 6.45) is 45.9. The fourth-order valence-electron chi connectivity index (χ4n) is 8.27. The molecule has 0 bridgehead atoms. The van der Waals surface area contributed by atoms with Crippen LogP contribution in [0.25, 0.3) is 0 Å². The zero-order chi connectivity index (χ0) is 46.7. The maximum absolute atomic E-state index is 11.7. The molecule has 0 aliphatic rings. The molecule has 0 aliphatic carbocycles. The van der Waals surface area contributed by atoms with Gasteiger partial charge in [0.1, 0.15) is 6.10 Å². The van der Waals surface area contributed by atoms with E-state index in [4.69, 9.17) is 14.6 Å². The SMILES string of the molecule is CC.CCCCCCCCC(CC)OC=O.CCCCCCCCC(CCCCCCCC)CCCCCCN(CCCCCCCC)CCCNc1c(C)c(=O)c1=O.O=CO. The average Bonchev–Trinajstić information content (AvgIpc) is 3.29. The Labute approximate surface area is 385 Å². The lowest BCUT2D eigenvalue weighted by Crippen LogP contribution is -2.37. The number of unbranched alkanes of at least 4 members (excludes halogenated alkanes) is 23. The highest BCUT2D eigenvalue weighted by atomic mass is 16.5. The van der Waals surface area contributed by atoms with Crippen molar-refractivity contribution in [3.05, 3.63) is 26.0 Å². The Hall–Kier alpha value is -2.22. The molecular formula is C54H106N2O6. The van der Waals surface area contributed by atoms with Gasteiger partial charge >= 0.3 is 0 Å². The molecule has 368 valence electrons. The van der Waals surface area contributed by atoms with E-state index in [0.29, 0.717) is 17.7 Å². The van der Waals surface area contributed by atoms with E-state index < -0.39 is 0 Å². The Morgan fingerprint density at radius 1 is 0.516 bits per heavy atom. The zero-order valence-corrected chi connectivity index (χ0v) is 42.6. The van der Waals surface area contributed by atoms with Gasteiger partial charge in [-0.2, -0.15) is 0 Å². The molecule has 0 aromatic heterocycles. The smallest absolute Gasteiger partial charge is 0.293 e. The number of hydrogen-bond donors (Lipinski definition) is 2. The van der Waals surface area contributed by atoms with Crippen molar-refractivity contribution >= 4 is 18.6 Å². The molecule has 0 radical (unpaired) electrons. The van der Waals surface area contributed by atoms with Crippen LogP contribution in [-0.4, -0.2) is 55.2 Å². The standard InChI is InChI=1S/C39H74N2O2.C12H24O2.C2H6.CH2O2/c1-5-8-11-14-17-22-28-36(29-23-18-15-12-9-6-2)30-24-19-21-26-33-41(32-25-20-16-13-10-7-3)34-27-31-40-37-35(4)38(42)39(37)43;1-3-5-6-7-8-9-10-12(4-2)14-11-13;1-2;2-1-3/h36,40H,5-34H2,1-4H3;11-12H,3-10H2,1-2H3;1-2H3;1H,(H,2,3). The topological polar surface area (TPSA) is 113 Å². The van der Waals surface area contributed by atoms with Crippen molar-refractivity contribution < 1.29 is 19.4 Å². The first-order chi connectivity index (χ1) is 30.3. The summed E-state index contributed by atoms with van der Waals surface area (Å²) in [6, 6.07) is 0. The largest absolute Gasteiger partial charge is 0.483 e. The maximum atomic E-state index is 11.7. The summed E-state index contributed by atoms with van der Waals surface area (Å²) in [5, 5.41) is 10.1. The van der Waals surface area contributed by atoms with Crippen LogP contribution >= 0.6 is 0 Å². The monoisotopic (exact) mass is 879 g/mol. The van der Waals surface area contributed by atoms with E-state index in [-0.39, 0.29) is 23.4 Å². The molecule has 1 aromatic rings. The minimum absolute atomic E-state index is 0.152. The lowest BCUT2D eigenvalue weighted by atomic mass is 9.89. The van der Waals surface area contributed by atoms with E-state index in [1.807, 2.05) is 13.8 Å². The van der Waals surface area contributed by atoms with Crippen molar-refractivity contribution in [2.24, 2.45) is 5.92 Å². The third-order valence-electron chi connectivity index (χ3n) is 12.3. The molecule has 0 saturated carbocycles. The van der Waals surface area contributed by atoms with Gasteiger partial charge in [0.05, 0.1) is 5.69 Å². The molecule has 1 aromatic carbocycles. The number of carbonyl (C=O) groups is 2. The van der Waals surface area contributed by atoms with Crippen molar-refractivity contribution in [2.45, 2.75) is 280 Å². The van der Waals surface area contributed by atoms with Crippen molar-refractivity contribution in [2.75, 3.05) is 31.5 Å². The van der Waals surface area contributed by atoms with Crippen molar-refractivity contribution in [3.63, 3.8) is 0 Å². The van der Waals surface area contributed by atoms with Gasteiger partial charge in [0.15, 0.2) is 0 Å². The predicted octanol–water partition coefficient (Wildman–Crippen LogP) is 15.5. The molecule has 1 atom stereocenters. The first kappa shape index (κ1) is 64.1. The molecule has 0 heterocycles. The Balaban J connectivity index is -0.00000152. The number of ether oxygens (including phenoxy) is 1. The molecule has 0 saturated heterocycles. The molecule has 8 heteroatoms. The zero-order valence-electron chi connectivity index (χ0n) is 42.6. The van der Waals surface area contributed by atoms with E-state index in [0.717, 1.165) is 38.3 Å². The molecule has 8 nitrogen and oxygen atoms in total. The number of nitrogens with zero attached hydrogens (tertiary/aromatic N) is 1. The minimum atomic E-state index is -0.331. The Morgan fingerprint density at radius 3 is 1.21 bits per heavy atom. The summed E-state index contributed by atoms with van der Waals surface area (Å²) in [4.78, 5) is 44.4. The number of carboxylic acid groups (broad SMARTS) is 1. The first-order valence-corrected chi connectivity index (χ1v) is 26.7. The van der Waals surface area contributed by atoms with Crippen LogP contribution in [0.2, 0.25) is 0 Å². The third kappa shape index (κ3) is 41.8. The number of anilines is 1. The van der Waals surface area contributed by atoms with Crippen LogP contribution < -0.4 is 16.2 Å². The van der Waals surface area contributed by atoms with Crippen LogP contribution in [0.1, 0.15) is 272 Å². The summed E-state index contributed by atoms with van der Waals surface area (Å²) in [6.45, 7) is 21.5. The Kier molecular flexibility index (Phi) is 54.9. The van der Waals surface area contributed by atoms with Crippen LogP contribution in [0.5, 0.6) is 0 Å². The van der Waals surface area contributed by atoms with Gasteiger partial charge in [0.2, 0.25) is 10.9 Å². The summed E-state index contributed by atoms with van der Waals surface area (Å²) in [7, 11) is 0. The van der Waals surface area contributed by atoms with Gasteiger partial charge in [-0.05, 0) is 71.0 Å². The van der Waals surface area contributed by atoms with Crippen molar-refractivity contribution in [1.82, 2.24) is 4.90 Å². The van der Waals surface area contributed by atoms with Gasteiger partial charge < -0.3 is 20.1 Å².